The number of unbranched alkanes of at least 4 members (excludes halogenated alkanes) is 1. The molecule has 0 saturated carbocycles. The average Bonchev–Trinajstić information content (AvgIpc) is 2.91. The lowest BCUT2D eigenvalue weighted by Crippen LogP contribution is -2.26. The van der Waals surface area contributed by atoms with Crippen LogP contribution in [0.2, 0.25) is 0 Å². The van der Waals surface area contributed by atoms with E-state index in [9.17, 15) is 4.79 Å². The van der Waals surface area contributed by atoms with E-state index in [-0.39, 0.29) is 5.91 Å². The van der Waals surface area contributed by atoms with Gasteiger partial charge < -0.3 is 9.88 Å². The first-order chi connectivity index (χ1) is 14.7. The number of amides is 1. The van der Waals surface area contributed by atoms with Crippen LogP contribution in [0.5, 0.6) is 0 Å². The maximum Gasteiger partial charge on any atom is 0.255 e. The minimum atomic E-state index is -0.0924. The van der Waals surface area contributed by atoms with E-state index in [1.54, 1.807) is 0 Å². The number of hydrogen-bond acceptors (Lipinski definition) is 3. The molecule has 0 atom stereocenters. The number of hydrogen-bond donors (Lipinski definition) is 1. The minimum absolute atomic E-state index is 0.0924. The Morgan fingerprint density at radius 1 is 1.03 bits per heavy atom. The summed E-state index contributed by atoms with van der Waals surface area (Å²) in [5, 5.41) is 3.01. The van der Waals surface area contributed by atoms with Crippen LogP contribution in [0.4, 0.5) is 5.69 Å². The summed E-state index contributed by atoms with van der Waals surface area (Å²) in [6.07, 6.45) is 7.55. The van der Waals surface area contributed by atoms with Crippen LogP contribution in [-0.4, -0.2) is 33.4 Å². The lowest BCUT2D eigenvalue weighted by molar-refractivity contribution is 0.102. The zero-order valence-corrected chi connectivity index (χ0v) is 17.9. The molecule has 1 N–H and O–H groups in total. The van der Waals surface area contributed by atoms with E-state index in [4.69, 9.17) is 4.98 Å². The molecule has 1 amide bonds. The number of carbonyl (C=O) groups excluding carboxylic acids is 1. The molecule has 2 aromatic carbocycles. The summed E-state index contributed by atoms with van der Waals surface area (Å²) in [6, 6.07) is 15.4. The minimum Gasteiger partial charge on any atom is -0.327 e. The van der Waals surface area contributed by atoms with Crippen molar-refractivity contribution in [3.8, 4) is 0 Å². The van der Waals surface area contributed by atoms with Crippen molar-refractivity contribution >= 4 is 22.6 Å². The normalized spacial score (nSPS) is 15.2. The lowest BCUT2D eigenvalue weighted by atomic mass is 10.2. The molecule has 3 aromatic rings. The quantitative estimate of drug-likeness (QED) is 0.568. The van der Waals surface area contributed by atoms with Crippen LogP contribution in [0.1, 0.15) is 61.6 Å². The molecule has 30 heavy (non-hydrogen) atoms. The number of carbonyl (C=O) groups is 1. The maximum atomic E-state index is 12.5. The van der Waals surface area contributed by atoms with E-state index < -0.39 is 0 Å². The Morgan fingerprint density at radius 2 is 1.80 bits per heavy atom. The van der Waals surface area contributed by atoms with Crippen molar-refractivity contribution in [3.63, 3.8) is 0 Å². The molecule has 0 radical (unpaired) electrons. The third kappa shape index (κ3) is 4.90. The fourth-order valence-corrected chi connectivity index (χ4v) is 4.23. The molecule has 1 aromatic heterocycles. The highest BCUT2D eigenvalue weighted by Crippen LogP contribution is 2.23. The Hall–Kier alpha value is -2.66. The molecule has 0 spiro atoms. The topological polar surface area (TPSA) is 50.2 Å². The third-order valence-electron chi connectivity index (χ3n) is 5.92. The highest BCUT2D eigenvalue weighted by Gasteiger charge is 2.16. The molecule has 2 heterocycles. The molecule has 0 unspecified atom stereocenters. The number of aryl methyl sites for hydroxylation is 1. The maximum absolute atomic E-state index is 12.5. The van der Waals surface area contributed by atoms with Gasteiger partial charge in [-0.05, 0) is 62.7 Å². The Morgan fingerprint density at radius 3 is 2.53 bits per heavy atom. The van der Waals surface area contributed by atoms with Crippen LogP contribution >= 0.6 is 0 Å². The first kappa shape index (κ1) is 20.6. The van der Waals surface area contributed by atoms with E-state index in [0.717, 1.165) is 61.6 Å². The van der Waals surface area contributed by atoms with Gasteiger partial charge in [-0.3, -0.25) is 9.69 Å². The Bertz CT molecular complexity index is 971. The predicted octanol–water partition coefficient (Wildman–Crippen LogP) is 5.46. The summed E-state index contributed by atoms with van der Waals surface area (Å²) in [4.78, 5) is 20.1. The fourth-order valence-electron chi connectivity index (χ4n) is 4.23. The number of fused-ring (bicyclic) bond motifs is 1. The molecule has 5 heteroatoms. The van der Waals surface area contributed by atoms with Crippen molar-refractivity contribution in [2.45, 2.75) is 58.5 Å². The Balaban J connectivity index is 1.58. The number of nitrogens with zero attached hydrogens (tertiary/aromatic N) is 3. The van der Waals surface area contributed by atoms with Gasteiger partial charge in [0.15, 0.2) is 0 Å². The van der Waals surface area contributed by atoms with Gasteiger partial charge in [0.25, 0.3) is 5.91 Å². The molecular weight excluding hydrogens is 372 g/mol. The summed E-state index contributed by atoms with van der Waals surface area (Å²) in [6.45, 7) is 6.45. The van der Waals surface area contributed by atoms with E-state index in [0.29, 0.717) is 5.56 Å². The summed E-state index contributed by atoms with van der Waals surface area (Å²) in [5.74, 6) is 1.05. The van der Waals surface area contributed by atoms with Gasteiger partial charge in [-0.15, -0.1) is 0 Å². The zero-order chi connectivity index (χ0) is 20.8. The molecule has 5 nitrogen and oxygen atoms in total. The highest BCUT2D eigenvalue weighted by atomic mass is 16.1. The van der Waals surface area contributed by atoms with Gasteiger partial charge in [-0.25, -0.2) is 4.98 Å². The zero-order valence-electron chi connectivity index (χ0n) is 17.9. The van der Waals surface area contributed by atoms with Crippen LogP contribution in [0.3, 0.4) is 0 Å². The fraction of sp³-hybridized carbons (Fsp3) is 0.440. The van der Waals surface area contributed by atoms with Gasteiger partial charge in [0.1, 0.15) is 5.82 Å². The number of anilines is 1. The van der Waals surface area contributed by atoms with Gasteiger partial charge >= 0.3 is 0 Å². The first-order valence-corrected chi connectivity index (χ1v) is 11.3. The molecule has 0 bridgehead atoms. The number of likely N-dealkylation sites (tertiary alicyclic amines) is 1. The summed E-state index contributed by atoms with van der Waals surface area (Å²) < 4.78 is 2.38. The standard InChI is InChI=1S/C25H32N4O/c1-2-3-17-29-23-14-13-21(26-25(30)20-11-7-6-8-12-20)18-22(23)27-24(29)19-28-15-9-4-5-10-16-28/h6-8,11-14,18H,2-5,9-10,15-17,19H2,1H3,(H,26,30). The number of aromatic nitrogens is 2. The van der Waals surface area contributed by atoms with Crippen molar-refractivity contribution in [1.29, 1.82) is 0 Å². The number of rotatable bonds is 7. The van der Waals surface area contributed by atoms with Crippen LogP contribution in [0.25, 0.3) is 11.0 Å². The second kappa shape index (κ2) is 9.90. The summed E-state index contributed by atoms with van der Waals surface area (Å²) >= 11 is 0. The monoisotopic (exact) mass is 404 g/mol. The summed E-state index contributed by atoms with van der Waals surface area (Å²) in [7, 11) is 0. The van der Waals surface area contributed by atoms with Crippen molar-refractivity contribution in [2.24, 2.45) is 0 Å². The van der Waals surface area contributed by atoms with E-state index in [1.165, 1.54) is 25.7 Å². The number of nitrogens with one attached hydrogen (secondary N) is 1. The third-order valence-corrected chi connectivity index (χ3v) is 5.92. The van der Waals surface area contributed by atoms with Gasteiger partial charge in [0.05, 0.1) is 17.6 Å². The largest absolute Gasteiger partial charge is 0.327 e. The highest BCUT2D eigenvalue weighted by molar-refractivity contribution is 6.04. The van der Waals surface area contributed by atoms with E-state index in [2.05, 4.69) is 27.8 Å². The van der Waals surface area contributed by atoms with Crippen molar-refractivity contribution in [1.82, 2.24) is 14.5 Å². The SMILES string of the molecule is CCCCn1c(CN2CCCCCC2)nc2cc(NC(=O)c3ccccc3)ccc21. The molecule has 1 saturated heterocycles. The van der Waals surface area contributed by atoms with Gasteiger partial charge in [-0.2, -0.15) is 0 Å². The molecule has 1 fully saturated rings. The number of imidazole rings is 1. The first-order valence-electron chi connectivity index (χ1n) is 11.3. The van der Waals surface area contributed by atoms with Gasteiger partial charge in [-0.1, -0.05) is 44.4 Å². The Labute approximate surface area is 179 Å². The predicted molar refractivity (Wildman–Crippen MR) is 123 cm³/mol. The molecule has 1 aliphatic heterocycles. The average molecular weight is 405 g/mol. The molecule has 1 aliphatic rings. The molecule has 158 valence electrons. The van der Waals surface area contributed by atoms with Crippen LogP contribution < -0.4 is 5.32 Å². The number of benzene rings is 2. The van der Waals surface area contributed by atoms with Crippen molar-refractivity contribution < 1.29 is 4.79 Å². The van der Waals surface area contributed by atoms with E-state index >= 15 is 0 Å². The van der Waals surface area contributed by atoms with Crippen molar-refractivity contribution in [3.05, 3.63) is 59.9 Å². The van der Waals surface area contributed by atoms with Crippen LogP contribution in [0, 0.1) is 0 Å². The molecule has 0 aliphatic carbocycles. The van der Waals surface area contributed by atoms with Crippen LogP contribution in [-0.2, 0) is 13.1 Å². The van der Waals surface area contributed by atoms with Gasteiger partial charge in [0.2, 0.25) is 0 Å². The molecular formula is C25H32N4O. The summed E-state index contributed by atoms with van der Waals surface area (Å²) in [5.41, 5.74) is 3.57. The van der Waals surface area contributed by atoms with Crippen molar-refractivity contribution in [2.75, 3.05) is 18.4 Å². The molecule has 4 rings (SSSR count). The van der Waals surface area contributed by atoms with Crippen LogP contribution in [0.15, 0.2) is 48.5 Å². The van der Waals surface area contributed by atoms with Gasteiger partial charge in [0, 0.05) is 17.8 Å². The Kier molecular flexibility index (Phi) is 6.80. The smallest absolute Gasteiger partial charge is 0.255 e. The lowest BCUT2D eigenvalue weighted by Gasteiger charge is -2.20. The second-order valence-electron chi connectivity index (χ2n) is 8.25. The second-order valence-corrected chi connectivity index (χ2v) is 8.25. The van der Waals surface area contributed by atoms with E-state index in [1.807, 2.05) is 42.5 Å².